The van der Waals surface area contributed by atoms with Crippen LogP contribution in [-0.4, -0.2) is 36.9 Å². The third-order valence-corrected chi connectivity index (χ3v) is 7.25. The number of carbonyl (C=O) groups excluding carboxylic acids is 2. The van der Waals surface area contributed by atoms with Gasteiger partial charge in [-0.15, -0.1) is 0 Å². The molecular weight excluding hydrogens is 574 g/mol. The van der Waals surface area contributed by atoms with Gasteiger partial charge in [0.1, 0.15) is 0 Å². The van der Waals surface area contributed by atoms with Crippen molar-refractivity contribution in [1.82, 2.24) is 0 Å². The quantitative estimate of drug-likeness (QED) is 0.0971. The Balaban J connectivity index is 0.00000124. The van der Waals surface area contributed by atoms with Crippen LogP contribution in [0.2, 0.25) is 0 Å². The van der Waals surface area contributed by atoms with Gasteiger partial charge in [0.2, 0.25) is 0 Å². The number of benzene rings is 1. The summed E-state index contributed by atoms with van der Waals surface area (Å²) >= 11 is 10.2. The van der Waals surface area contributed by atoms with E-state index in [1.165, 1.54) is 12.7 Å². The Labute approximate surface area is 271 Å². The fourth-order valence-electron chi connectivity index (χ4n) is 3.93. The molecule has 0 saturated heterocycles. The summed E-state index contributed by atoms with van der Waals surface area (Å²) in [5.41, 5.74) is 5.94. The van der Waals surface area contributed by atoms with Gasteiger partial charge in [-0.05, 0) is 79.2 Å². The maximum Gasteiger partial charge on any atom is 0.305 e. The minimum atomic E-state index is -0.138. The molecule has 234 valence electrons. The van der Waals surface area contributed by atoms with Crippen LogP contribution in [0.15, 0.2) is 107 Å². The number of hydrogen-bond acceptors (Lipinski definition) is 5. The Bertz CT molecular complexity index is 1230. The van der Waals surface area contributed by atoms with Crippen LogP contribution in [0, 0.1) is 5.92 Å². The van der Waals surface area contributed by atoms with Crippen LogP contribution in [0.3, 0.4) is 0 Å². The normalized spacial score (nSPS) is 15.2. The van der Waals surface area contributed by atoms with Gasteiger partial charge in [0, 0.05) is 17.0 Å². The Morgan fingerprint density at radius 3 is 2.51 bits per heavy atom. The molecule has 1 aromatic carbocycles. The van der Waals surface area contributed by atoms with Crippen LogP contribution in [0.5, 0.6) is 0 Å². The molecule has 1 aliphatic carbocycles. The Kier molecular flexibility index (Phi) is 22.5. The highest BCUT2D eigenvalue weighted by atomic mass is 35.5. The lowest BCUT2D eigenvalue weighted by Gasteiger charge is -2.08. The zero-order chi connectivity index (χ0) is 32.6. The average Bonchev–Trinajstić information content (AvgIpc) is 3.02. The van der Waals surface area contributed by atoms with Gasteiger partial charge in [0.25, 0.3) is 0 Å². The van der Waals surface area contributed by atoms with Gasteiger partial charge in [-0.1, -0.05) is 113 Å². The number of Topliss-reactive ketones (excluding diaryl/α,β-unsaturated/α-hetero) is 1. The van der Waals surface area contributed by atoms with Crippen LogP contribution >= 0.6 is 24.2 Å². The summed E-state index contributed by atoms with van der Waals surface area (Å²) in [5.74, 6) is 0.995. The molecule has 0 N–H and O–H groups in total. The second-order valence-electron chi connectivity index (χ2n) is 9.53. The van der Waals surface area contributed by atoms with Crippen molar-refractivity contribution in [1.29, 1.82) is 0 Å². The molecule has 1 aliphatic rings. The number of esters is 1. The standard InChI is InChI=1S/C28H30ClNO.C7H14O2S.C2H6/c1-5-10-26(21(3)22(4)31)15-8-13-23-11-7-12-24(19-23)14-9-18-30-28-20-27(29)17-16-25(28)6-2;1-3-6(5-10)4-7(8)9-2;1-2/h5-7,9-12,14,16-17,19-20H,1,3,8,13,15,18H2,2,4H3;6,10H,3-5H2,1-2H3;1-2H3/b14-9+,25-6-,26-10-,30-28?;;. The van der Waals surface area contributed by atoms with Crippen molar-refractivity contribution in [3.05, 3.63) is 113 Å². The fraction of sp³-hybridized carbons (Fsp3) is 0.378. The van der Waals surface area contributed by atoms with Crippen LogP contribution in [0.4, 0.5) is 0 Å². The van der Waals surface area contributed by atoms with Crippen molar-refractivity contribution >= 4 is 47.8 Å². The van der Waals surface area contributed by atoms with Crippen molar-refractivity contribution in [2.24, 2.45) is 10.9 Å². The first-order valence-corrected chi connectivity index (χ1v) is 15.9. The summed E-state index contributed by atoms with van der Waals surface area (Å²) in [6, 6.07) is 8.49. The highest BCUT2D eigenvalue weighted by molar-refractivity contribution is 7.80. The first kappa shape index (κ1) is 39.8. The van der Waals surface area contributed by atoms with Gasteiger partial charge in [-0.2, -0.15) is 12.6 Å². The number of hydrogen-bond donors (Lipinski definition) is 1. The molecule has 0 fully saturated rings. The van der Waals surface area contributed by atoms with E-state index in [1.807, 2.05) is 58.1 Å². The molecule has 4 nitrogen and oxygen atoms in total. The van der Waals surface area contributed by atoms with Gasteiger partial charge in [-0.3, -0.25) is 14.6 Å². The molecule has 0 spiro atoms. The molecule has 0 radical (unpaired) electrons. The highest BCUT2D eigenvalue weighted by Gasteiger charge is 2.10. The summed E-state index contributed by atoms with van der Waals surface area (Å²) in [5, 5.41) is 0.694. The van der Waals surface area contributed by atoms with Gasteiger partial charge in [0.15, 0.2) is 5.78 Å². The van der Waals surface area contributed by atoms with Gasteiger partial charge >= 0.3 is 5.97 Å². The van der Waals surface area contributed by atoms with Crippen molar-refractivity contribution in [3.63, 3.8) is 0 Å². The number of methoxy groups -OCH3 is 1. The first-order valence-electron chi connectivity index (χ1n) is 14.9. The van der Waals surface area contributed by atoms with E-state index in [0.29, 0.717) is 29.5 Å². The van der Waals surface area contributed by atoms with E-state index in [0.717, 1.165) is 53.9 Å². The molecule has 0 bridgehead atoms. The summed E-state index contributed by atoms with van der Waals surface area (Å²) < 4.78 is 4.51. The summed E-state index contributed by atoms with van der Waals surface area (Å²) in [6.45, 7) is 17.8. The van der Waals surface area contributed by atoms with Crippen LogP contribution in [0.25, 0.3) is 6.08 Å². The van der Waals surface area contributed by atoms with E-state index in [1.54, 1.807) is 13.0 Å². The van der Waals surface area contributed by atoms with Crippen molar-refractivity contribution in [3.8, 4) is 0 Å². The molecule has 1 atom stereocenters. The second kappa shape index (κ2) is 24.3. The molecule has 2 rings (SSSR count). The highest BCUT2D eigenvalue weighted by Crippen LogP contribution is 2.19. The minimum absolute atomic E-state index is 0.00682. The Hall–Kier alpha value is -3.15. The molecule has 0 aliphatic heterocycles. The van der Waals surface area contributed by atoms with Crippen LogP contribution in [-0.2, 0) is 20.7 Å². The SMILES string of the molecule is C=C/C=C(/CCCc1cccc(/C=C/CN=C2C=C(Cl)C=C/C2=C/C)c1)C(=C)C(C)=O.CC.CCC(CS)CC(=O)OC. The second-order valence-corrected chi connectivity index (χ2v) is 10.3. The Morgan fingerprint density at radius 2 is 1.93 bits per heavy atom. The van der Waals surface area contributed by atoms with E-state index in [-0.39, 0.29) is 11.8 Å². The van der Waals surface area contributed by atoms with Gasteiger partial charge in [0.05, 0.1) is 19.4 Å². The number of aliphatic imine (C=N–C) groups is 1. The number of thiol groups is 1. The molecule has 0 amide bonds. The monoisotopic (exact) mass is 623 g/mol. The number of aryl methyl sites for hydroxylation is 1. The largest absolute Gasteiger partial charge is 0.469 e. The lowest BCUT2D eigenvalue weighted by molar-refractivity contribution is -0.141. The third kappa shape index (κ3) is 16.9. The Morgan fingerprint density at radius 1 is 1.21 bits per heavy atom. The van der Waals surface area contributed by atoms with E-state index < -0.39 is 0 Å². The molecule has 0 saturated carbocycles. The van der Waals surface area contributed by atoms with E-state index >= 15 is 0 Å². The van der Waals surface area contributed by atoms with Crippen molar-refractivity contribution < 1.29 is 14.3 Å². The number of ether oxygens (including phenoxy) is 1. The summed E-state index contributed by atoms with van der Waals surface area (Å²) in [7, 11) is 1.41. The molecule has 1 unspecified atom stereocenters. The first-order chi connectivity index (χ1) is 20.7. The molecule has 0 aromatic heterocycles. The number of ketones is 1. The zero-order valence-electron chi connectivity index (χ0n) is 26.9. The van der Waals surface area contributed by atoms with Crippen molar-refractivity contribution in [2.45, 2.75) is 66.7 Å². The lowest BCUT2D eigenvalue weighted by atomic mass is 9.96. The number of rotatable bonds is 14. The summed E-state index contributed by atoms with van der Waals surface area (Å²) in [6.07, 6.45) is 19.7. The number of halogens is 1. The predicted octanol–water partition coefficient (Wildman–Crippen LogP) is 9.89. The average molecular weight is 624 g/mol. The molecular formula is C37H50ClNO3S. The molecule has 6 heteroatoms. The maximum absolute atomic E-state index is 11.6. The van der Waals surface area contributed by atoms with E-state index in [9.17, 15) is 9.59 Å². The van der Waals surface area contributed by atoms with Crippen LogP contribution < -0.4 is 0 Å². The van der Waals surface area contributed by atoms with E-state index in [4.69, 9.17) is 11.6 Å². The molecule has 1 aromatic rings. The van der Waals surface area contributed by atoms with Crippen molar-refractivity contribution in [2.75, 3.05) is 19.4 Å². The smallest absolute Gasteiger partial charge is 0.305 e. The molecule has 43 heavy (non-hydrogen) atoms. The maximum atomic E-state index is 11.6. The number of carbonyl (C=O) groups is 2. The summed E-state index contributed by atoms with van der Waals surface area (Å²) in [4.78, 5) is 26.9. The van der Waals surface area contributed by atoms with Crippen LogP contribution in [0.1, 0.15) is 71.4 Å². The molecule has 0 heterocycles. The topological polar surface area (TPSA) is 55.7 Å². The van der Waals surface area contributed by atoms with E-state index in [2.05, 4.69) is 71.9 Å². The number of nitrogens with zero attached hydrogens (tertiary/aromatic N) is 1. The van der Waals surface area contributed by atoms with Gasteiger partial charge in [-0.25, -0.2) is 0 Å². The zero-order valence-corrected chi connectivity index (χ0v) is 28.5. The number of allylic oxidation sites excluding steroid dienone is 10. The van der Waals surface area contributed by atoms with Gasteiger partial charge < -0.3 is 4.74 Å². The lowest BCUT2D eigenvalue weighted by Crippen LogP contribution is -2.10. The minimum Gasteiger partial charge on any atom is -0.469 e. The predicted molar refractivity (Wildman–Crippen MR) is 191 cm³/mol. The third-order valence-electron chi connectivity index (χ3n) is 6.49. The fourth-order valence-corrected chi connectivity index (χ4v) is 4.49.